The van der Waals surface area contributed by atoms with Gasteiger partial charge in [-0.2, -0.15) is 0 Å². The monoisotopic (exact) mass is 336 g/mol. The first-order valence-corrected chi connectivity index (χ1v) is 9.75. The highest BCUT2D eigenvalue weighted by Crippen LogP contribution is 2.40. The maximum absolute atomic E-state index is 12.4. The number of hydrogen-bond acceptors (Lipinski definition) is 3. The number of rotatable bonds is 7. The lowest BCUT2D eigenvalue weighted by Gasteiger charge is -2.48. The quantitative estimate of drug-likeness (QED) is 0.671. The number of ether oxygens (including phenoxy) is 1. The number of hydrogen-bond donors (Lipinski definition) is 0. The van der Waals surface area contributed by atoms with Crippen LogP contribution in [0, 0.1) is 11.3 Å². The molecule has 3 fully saturated rings. The predicted octanol–water partition coefficient (Wildman–Crippen LogP) is 2.44. The Labute approximate surface area is 145 Å². The van der Waals surface area contributed by atoms with Gasteiger partial charge < -0.3 is 14.5 Å². The van der Waals surface area contributed by atoms with E-state index in [2.05, 4.69) is 11.8 Å². The minimum absolute atomic E-state index is 0.121. The van der Waals surface area contributed by atoms with Crippen molar-refractivity contribution in [1.29, 1.82) is 0 Å². The fourth-order valence-electron chi connectivity index (χ4n) is 4.13. The van der Waals surface area contributed by atoms with Gasteiger partial charge in [0.2, 0.25) is 11.8 Å². The van der Waals surface area contributed by atoms with Gasteiger partial charge in [0.05, 0.1) is 0 Å². The molecule has 0 aromatic rings. The molecule has 5 heteroatoms. The number of nitrogens with zero attached hydrogens (tertiary/aromatic N) is 2. The van der Waals surface area contributed by atoms with Crippen LogP contribution in [-0.4, -0.2) is 61.0 Å². The fraction of sp³-hybridized carbons (Fsp3) is 0.895. The van der Waals surface area contributed by atoms with Crippen LogP contribution in [0.4, 0.5) is 0 Å². The average Bonchev–Trinajstić information content (AvgIpc) is 3.39. The van der Waals surface area contributed by atoms with Gasteiger partial charge in [0.1, 0.15) is 6.61 Å². The lowest BCUT2D eigenvalue weighted by molar-refractivity contribution is -0.145. The molecular weight excluding hydrogens is 304 g/mol. The van der Waals surface area contributed by atoms with Crippen molar-refractivity contribution in [2.75, 3.05) is 39.4 Å². The average molecular weight is 336 g/mol. The van der Waals surface area contributed by atoms with E-state index >= 15 is 0 Å². The molecule has 1 spiro atoms. The van der Waals surface area contributed by atoms with Crippen LogP contribution < -0.4 is 0 Å². The van der Waals surface area contributed by atoms with E-state index in [1.165, 1.54) is 12.8 Å². The van der Waals surface area contributed by atoms with Crippen molar-refractivity contribution in [2.24, 2.45) is 11.3 Å². The number of unbranched alkanes of at least 4 members (excludes halogenated alkanes) is 1. The molecule has 0 aromatic heterocycles. The molecule has 2 aliphatic heterocycles. The molecule has 2 saturated heterocycles. The summed E-state index contributed by atoms with van der Waals surface area (Å²) < 4.78 is 5.51. The number of piperidine rings is 2. The van der Waals surface area contributed by atoms with Crippen molar-refractivity contribution in [1.82, 2.24) is 9.80 Å². The maximum Gasteiger partial charge on any atom is 0.248 e. The van der Waals surface area contributed by atoms with Crippen LogP contribution in [0.15, 0.2) is 0 Å². The highest BCUT2D eigenvalue weighted by molar-refractivity contribution is 5.78. The van der Waals surface area contributed by atoms with E-state index in [4.69, 9.17) is 4.74 Å². The molecule has 0 bridgehead atoms. The number of carbonyl (C=O) groups excluding carboxylic acids is 2. The second kappa shape index (κ2) is 7.85. The third-order valence-corrected chi connectivity index (χ3v) is 5.81. The zero-order valence-corrected chi connectivity index (χ0v) is 15.1. The molecule has 1 saturated carbocycles. The Morgan fingerprint density at radius 1 is 1.29 bits per heavy atom. The molecule has 0 N–H and O–H groups in total. The fourth-order valence-corrected chi connectivity index (χ4v) is 4.13. The summed E-state index contributed by atoms with van der Waals surface area (Å²) in [5.74, 6) is 1.17. The van der Waals surface area contributed by atoms with Gasteiger partial charge in [0.25, 0.3) is 0 Å². The number of amides is 2. The van der Waals surface area contributed by atoms with E-state index in [1.54, 1.807) is 0 Å². The van der Waals surface area contributed by atoms with Gasteiger partial charge in [-0.15, -0.1) is 0 Å². The van der Waals surface area contributed by atoms with Gasteiger partial charge in [0, 0.05) is 44.6 Å². The first-order valence-electron chi connectivity index (χ1n) is 9.75. The van der Waals surface area contributed by atoms with E-state index in [0.29, 0.717) is 18.9 Å². The van der Waals surface area contributed by atoms with E-state index < -0.39 is 0 Å². The Hall–Kier alpha value is -1.10. The number of likely N-dealkylation sites (tertiary alicyclic amines) is 2. The van der Waals surface area contributed by atoms with Crippen LogP contribution in [0.3, 0.4) is 0 Å². The summed E-state index contributed by atoms with van der Waals surface area (Å²) in [4.78, 5) is 28.7. The van der Waals surface area contributed by atoms with Crippen LogP contribution in [-0.2, 0) is 14.3 Å². The standard InChI is InChI=1S/C19H32N2O3/c1-2-3-11-24-13-18(23)20-10-4-8-19(14-20)9-7-17(22)21(15-19)12-16-5-6-16/h16H,2-15H2,1H3. The summed E-state index contributed by atoms with van der Waals surface area (Å²) in [6.07, 6.45) is 8.43. The largest absolute Gasteiger partial charge is 0.372 e. The molecule has 0 aromatic carbocycles. The second-order valence-electron chi connectivity index (χ2n) is 8.04. The molecular formula is C19H32N2O3. The minimum atomic E-state index is 0.121. The van der Waals surface area contributed by atoms with E-state index in [0.717, 1.165) is 64.2 Å². The lowest BCUT2D eigenvalue weighted by atomic mass is 9.73. The number of carbonyl (C=O) groups is 2. The smallest absolute Gasteiger partial charge is 0.248 e. The summed E-state index contributed by atoms with van der Waals surface area (Å²) in [7, 11) is 0. The van der Waals surface area contributed by atoms with Crippen LogP contribution in [0.25, 0.3) is 0 Å². The summed E-state index contributed by atoms with van der Waals surface area (Å²) in [6.45, 7) is 6.44. The van der Waals surface area contributed by atoms with E-state index in [1.807, 2.05) is 4.90 Å². The second-order valence-corrected chi connectivity index (χ2v) is 8.04. The van der Waals surface area contributed by atoms with Crippen molar-refractivity contribution < 1.29 is 14.3 Å². The maximum atomic E-state index is 12.4. The lowest BCUT2D eigenvalue weighted by Crippen LogP contribution is -2.55. The molecule has 2 amide bonds. The predicted molar refractivity (Wildman–Crippen MR) is 92.5 cm³/mol. The molecule has 136 valence electrons. The Morgan fingerprint density at radius 2 is 2.12 bits per heavy atom. The van der Waals surface area contributed by atoms with Crippen molar-refractivity contribution in [2.45, 2.75) is 58.3 Å². The zero-order chi connectivity index (χ0) is 17.0. The first-order chi connectivity index (χ1) is 11.6. The summed E-state index contributed by atoms with van der Waals surface area (Å²) >= 11 is 0. The van der Waals surface area contributed by atoms with E-state index in [-0.39, 0.29) is 17.9 Å². The summed E-state index contributed by atoms with van der Waals surface area (Å²) in [6, 6.07) is 0. The SMILES string of the molecule is CCCCOCC(=O)N1CCCC2(CCC(=O)N(CC3CC3)C2)C1. The van der Waals surface area contributed by atoms with Gasteiger partial charge in [-0.25, -0.2) is 0 Å². The Morgan fingerprint density at radius 3 is 2.88 bits per heavy atom. The van der Waals surface area contributed by atoms with Crippen LogP contribution in [0.5, 0.6) is 0 Å². The topological polar surface area (TPSA) is 49.9 Å². The highest BCUT2D eigenvalue weighted by atomic mass is 16.5. The van der Waals surface area contributed by atoms with Crippen molar-refractivity contribution in [3.05, 3.63) is 0 Å². The molecule has 1 aliphatic carbocycles. The normalized spacial score (nSPS) is 27.8. The summed E-state index contributed by atoms with van der Waals surface area (Å²) in [5, 5.41) is 0. The van der Waals surface area contributed by atoms with Gasteiger partial charge in [0.15, 0.2) is 0 Å². The zero-order valence-electron chi connectivity index (χ0n) is 15.1. The molecule has 2 heterocycles. The Bertz CT molecular complexity index is 464. The molecule has 1 unspecified atom stereocenters. The molecule has 0 radical (unpaired) electrons. The molecule has 5 nitrogen and oxygen atoms in total. The highest BCUT2D eigenvalue weighted by Gasteiger charge is 2.43. The third kappa shape index (κ3) is 4.50. The van der Waals surface area contributed by atoms with Crippen molar-refractivity contribution in [3.8, 4) is 0 Å². The van der Waals surface area contributed by atoms with Crippen molar-refractivity contribution >= 4 is 11.8 Å². The van der Waals surface area contributed by atoms with Crippen LogP contribution >= 0.6 is 0 Å². The molecule has 3 rings (SSSR count). The van der Waals surface area contributed by atoms with Gasteiger partial charge >= 0.3 is 0 Å². The Kier molecular flexibility index (Phi) is 5.80. The van der Waals surface area contributed by atoms with Gasteiger partial charge in [-0.05, 0) is 44.4 Å². The molecule has 3 aliphatic rings. The third-order valence-electron chi connectivity index (χ3n) is 5.81. The molecule has 1 atom stereocenters. The van der Waals surface area contributed by atoms with E-state index in [9.17, 15) is 9.59 Å². The minimum Gasteiger partial charge on any atom is -0.372 e. The summed E-state index contributed by atoms with van der Waals surface area (Å²) in [5.41, 5.74) is 0.125. The van der Waals surface area contributed by atoms with Gasteiger partial charge in [-0.3, -0.25) is 9.59 Å². The van der Waals surface area contributed by atoms with Crippen LogP contribution in [0.2, 0.25) is 0 Å². The molecule has 24 heavy (non-hydrogen) atoms. The first kappa shape index (κ1) is 17.7. The van der Waals surface area contributed by atoms with Crippen molar-refractivity contribution in [3.63, 3.8) is 0 Å². The van der Waals surface area contributed by atoms with Crippen LogP contribution in [0.1, 0.15) is 58.3 Å². The Balaban J connectivity index is 1.53. The van der Waals surface area contributed by atoms with Gasteiger partial charge in [-0.1, -0.05) is 13.3 Å².